The van der Waals surface area contributed by atoms with Crippen molar-refractivity contribution >= 4 is 29.5 Å². The van der Waals surface area contributed by atoms with Crippen molar-refractivity contribution in [1.29, 1.82) is 0 Å². The Morgan fingerprint density at radius 1 is 1.43 bits per heavy atom. The van der Waals surface area contributed by atoms with Crippen LogP contribution in [-0.4, -0.2) is 57.4 Å². The van der Waals surface area contributed by atoms with E-state index in [1.807, 2.05) is 0 Å². The molecule has 8 heteroatoms. The van der Waals surface area contributed by atoms with E-state index in [-0.39, 0.29) is 23.5 Å². The molecule has 2 atom stereocenters. The number of amides is 2. The number of primary amides is 1. The van der Waals surface area contributed by atoms with E-state index in [4.69, 9.17) is 16.6 Å². The zero-order chi connectivity index (χ0) is 16.2. The van der Waals surface area contributed by atoms with Crippen LogP contribution in [0.3, 0.4) is 0 Å². The van der Waals surface area contributed by atoms with Crippen molar-refractivity contribution in [3.8, 4) is 0 Å². The third kappa shape index (κ3) is 4.89. The number of thioether (sulfide) groups is 1. The highest BCUT2D eigenvalue weighted by Crippen LogP contribution is 2.28. The Bertz CT molecular complexity index is 428. The Kier molecular flexibility index (Phi) is 6.03. The zero-order valence-corrected chi connectivity index (χ0v) is 13.2. The SMILES string of the molecule is CC(C)(SCC(=O)N1CCCC(C(N)=O)C1)[C@@H](N)C(=O)O. The smallest absolute Gasteiger partial charge is 0.321 e. The van der Waals surface area contributed by atoms with Crippen molar-refractivity contribution in [2.24, 2.45) is 17.4 Å². The van der Waals surface area contributed by atoms with Gasteiger partial charge in [-0.15, -0.1) is 11.8 Å². The number of carboxylic acids is 1. The van der Waals surface area contributed by atoms with Crippen LogP contribution in [0.1, 0.15) is 26.7 Å². The number of hydrogen-bond donors (Lipinski definition) is 3. The molecular formula is C13H23N3O4S. The third-order valence-electron chi connectivity index (χ3n) is 3.76. The average Bonchev–Trinajstić information content (AvgIpc) is 2.43. The summed E-state index contributed by atoms with van der Waals surface area (Å²) in [5, 5.41) is 8.94. The maximum atomic E-state index is 12.2. The Morgan fingerprint density at radius 2 is 2.05 bits per heavy atom. The first-order valence-corrected chi connectivity index (χ1v) is 7.83. The lowest BCUT2D eigenvalue weighted by Gasteiger charge is -2.33. The highest BCUT2D eigenvalue weighted by molar-refractivity contribution is 8.01. The molecule has 0 bridgehead atoms. The lowest BCUT2D eigenvalue weighted by Crippen LogP contribution is -2.48. The zero-order valence-electron chi connectivity index (χ0n) is 12.4. The summed E-state index contributed by atoms with van der Waals surface area (Å²) in [7, 11) is 0. The van der Waals surface area contributed by atoms with Gasteiger partial charge in [0.2, 0.25) is 11.8 Å². The van der Waals surface area contributed by atoms with E-state index in [0.29, 0.717) is 19.5 Å². The number of hydrogen-bond acceptors (Lipinski definition) is 5. The normalized spacial score (nSPS) is 20.9. The van der Waals surface area contributed by atoms with Crippen molar-refractivity contribution in [3.05, 3.63) is 0 Å². The largest absolute Gasteiger partial charge is 0.480 e. The van der Waals surface area contributed by atoms with E-state index in [1.165, 1.54) is 11.8 Å². The van der Waals surface area contributed by atoms with Gasteiger partial charge in [-0.05, 0) is 26.7 Å². The van der Waals surface area contributed by atoms with Gasteiger partial charge in [-0.3, -0.25) is 14.4 Å². The van der Waals surface area contributed by atoms with Crippen LogP contribution >= 0.6 is 11.8 Å². The molecule has 1 rings (SSSR count). The Balaban J connectivity index is 2.53. The fraction of sp³-hybridized carbons (Fsp3) is 0.769. The van der Waals surface area contributed by atoms with E-state index >= 15 is 0 Å². The standard InChI is InChI=1S/C13H23N3O4S/c1-13(2,10(14)12(19)20)21-7-9(17)16-5-3-4-8(6-16)11(15)18/h8,10H,3-7,14H2,1-2H3,(H2,15,18)(H,19,20)/t8?,10-/m0/s1. The van der Waals surface area contributed by atoms with Crippen LogP contribution in [0.2, 0.25) is 0 Å². The first-order chi connectivity index (χ1) is 9.65. The number of aliphatic carboxylic acids is 1. The van der Waals surface area contributed by atoms with Crippen molar-refractivity contribution in [1.82, 2.24) is 4.90 Å². The summed E-state index contributed by atoms with van der Waals surface area (Å²) in [5.74, 6) is -1.74. The molecule has 1 heterocycles. The number of carboxylic acid groups (broad SMARTS) is 1. The van der Waals surface area contributed by atoms with Gasteiger partial charge < -0.3 is 21.5 Å². The van der Waals surface area contributed by atoms with Crippen molar-refractivity contribution in [2.45, 2.75) is 37.5 Å². The summed E-state index contributed by atoms with van der Waals surface area (Å²) in [4.78, 5) is 35.9. The summed E-state index contributed by atoms with van der Waals surface area (Å²) < 4.78 is -0.750. The number of likely N-dealkylation sites (tertiary alicyclic amines) is 1. The predicted molar refractivity (Wildman–Crippen MR) is 80.6 cm³/mol. The monoisotopic (exact) mass is 317 g/mol. The van der Waals surface area contributed by atoms with E-state index in [9.17, 15) is 14.4 Å². The molecule has 1 saturated heterocycles. The molecule has 5 N–H and O–H groups in total. The molecular weight excluding hydrogens is 294 g/mol. The molecule has 1 aliphatic rings. The minimum atomic E-state index is -1.09. The fourth-order valence-corrected chi connectivity index (χ4v) is 3.12. The van der Waals surface area contributed by atoms with Crippen LogP contribution < -0.4 is 11.5 Å². The molecule has 1 fully saturated rings. The molecule has 1 unspecified atom stereocenters. The molecule has 7 nitrogen and oxygen atoms in total. The topological polar surface area (TPSA) is 127 Å². The second kappa shape index (κ2) is 7.13. The van der Waals surface area contributed by atoms with Crippen LogP contribution in [-0.2, 0) is 14.4 Å². The van der Waals surface area contributed by atoms with Crippen molar-refractivity contribution in [3.63, 3.8) is 0 Å². The van der Waals surface area contributed by atoms with Gasteiger partial charge in [0.15, 0.2) is 0 Å². The number of carbonyl (C=O) groups excluding carboxylic acids is 2. The molecule has 0 spiro atoms. The Labute approximate surface area is 128 Å². The number of nitrogens with zero attached hydrogens (tertiary/aromatic N) is 1. The molecule has 2 amide bonds. The van der Waals surface area contributed by atoms with Gasteiger partial charge in [0, 0.05) is 17.8 Å². The van der Waals surface area contributed by atoms with Crippen LogP contribution in [0.25, 0.3) is 0 Å². The summed E-state index contributed by atoms with van der Waals surface area (Å²) in [6.07, 6.45) is 1.46. The molecule has 0 aromatic carbocycles. The first-order valence-electron chi connectivity index (χ1n) is 6.84. The van der Waals surface area contributed by atoms with Gasteiger partial charge >= 0.3 is 5.97 Å². The van der Waals surface area contributed by atoms with Crippen LogP contribution in [0.4, 0.5) is 0 Å². The molecule has 0 saturated carbocycles. The van der Waals surface area contributed by atoms with Gasteiger partial charge in [-0.25, -0.2) is 0 Å². The van der Waals surface area contributed by atoms with Crippen molar-refractivity contribution < 1.29 is 19.5 Å². The van der Waals surface area contributed by atoms with Gasteiger partial charge in [0.05, 0.1) is 11.7 Å². The molecule has 1 aliphatic heterocycles. The predicted octanol–water partition coefficient (Wildman–Crippen LogP) is -0.366. The minimum Gasteiger partial charge on any atom is -0.480 e. The van der Waals surface area contributed by atoms with Crippen molar-refractivity contribution in [2.75, 3.05) is 18.8 Å². The van der Waals surface area contributed by atoms with Gasteiger partial charge in [-0.2, -0.15) is 0 Å². The second-order valence-corrected chi connectivity index (χ2v) is 7.42. The van der Waals surface area contributed by atoms with Gasteiger partial charge in [0.25, 0.3) is 0 Å². The number of carbonyl (C=O) groups is 3. The first kappa shape index (κ1) is 17.8. The van der Waals surface area contributed by atoms with E-state index in [0.717, 1.165) is 6.42 Å². The van der Waals surface area contributed by atoms with Crippen LogP contribution in [0, 0.1) is 5.92 Å². The number of piperidine rings is 1. The molecule has 120 valence electrons. The lowest BCUT2D eigenvalue weighted by atomic mass is 9.97. The summed E-state index contributed by atoms with van der Waals surface area (Å²) in [6.45, 7) is 4.35. The van der Waals surface area contributed by atoms with Gasteiger partial charge in [0.1, 0.15) is 6.04 Å². The van der Waals surface area contributed by atoms with E-state index in [2.05, 4.69) is 0 Å². The maximum absolute atomic E-state index is 12.2. The van der Waals surface area contributed by atoms with Gasteiger partial charge in [-0.1, -0.05) is 0 Å². The number of rotatable bonds is 6. The highest BCUT2D eigenvalue weighted by atomic mass is 32.2. The van der Waals surface area contributed by atoms with Crippen LogP contribution in [0.15, 0.2) is 0 Å². The molecule has 0 aromatic heterocycles. The average molecular weight is 317 g/mol. The van der Waals surface area contributed by atoms with E-state index < -0.39 is 16.8 Å². The fourth-order valence-electron chi connectivity index (χ4n) is 2.16. The molecule has 0 aromatic rings. The highest BCUT2D eigenvalue weighted by Gasteiger charge is 2.34. The Hall–Kier alpha value is -1.28. The molecule has 0 radical (unpaired) electrons. The molecule has 0 aliphatic carbocycles. The summed E-state index contributed by atoms with van der Waals surface area (Å²) in [5.41, 5.74) is 10.9. The lowest BCUT2D eigenvalue weighted by molar-refractivity contribution is -0.139. The third-order valence-corrected chi connectivity index (χ3v) is 5.15. The second-order valence-electron chi connectivity index (χ2n) is 5.79. The number of nitrogens with two attached hydrogens (primary N) is 2. The summed E-state index contributed by atoms with van der Waals surface area (Å²) >= 11 is 1.21. The minimum absolute atomic E-state index is 0.114. The Morgan fingerprint density at radius 3 is 2.57 bits per heavy atom. The quantitative estimate of drug-likeness (QED) is 0.613. The maximum Gasteiger partial charge on any atom is 0.321 e. The molecule has 21 heavy (non-hydrogen) atoms. The summed E-state index contributed by atoms with van der Waals surface area (Å²) in [6, 6.07) is -1.05. The van der Waals surface area contributed by atoms with E-state index in [1.54, 1.807) is 18.7 Å². The van der Waals surface area contributed by atoms with Crippen LogP contribution in [0.5, 0.6) is 0 Å².